The summed E-state index contributed by atoms with van der Waals surface area (Å²) in [5.74, 6) is -1.03. The number of nitrogens with zero attached hydrogens (tertiary/aromatic N) is 3. The van der Waals surface area contributed by atoms with Gasteiger partial charge in [-0.3, -0.25) is 9.69 Å². The van der Waals surface area contributed by atoms with Crippen molar-refractivity contribution in [1.29, 1.82) is 0 Å². The van der Waals surface area contributed by atoms with Crippen LogP contribution in [0.1, 0.15) is 19.8 Å². The number of ketones is 1. The topological polar surface area (TPSA) is 116 Å². The highest BCUT2D eigenvalue weighted by Gasteiger charge is 2.32. The molecule has 0 amide bonds. The number of Topliss-reactive ketones (excluding diaryl/α,β-unsaturated/α-hetero) is 1. The van der Waals surface area contributed by atoms with Crippen LogP contribution < -0.4 is 4.74 Å². The van der Waals surface area contributed by atoms with Gasteiger partial charge in [0.25, 0.3) is 0 Å². The summed E-state index contributed by atoms with van der Waals surface area (Å²) in [5, 5.41) is 0. The summed E-state index contributed by atoms with van der Waals surface area (Å²) in [7, 11) is -3.53. The Morgan fingerprint density at radius 3 is 2.69 bits per heavy atom. The Hall–Kier alpha value is -2.25. The van der Waals surface area contributed by atoms with Gasteiger partial charge in [-0.15, -0.1) is 0 Å². The van der Waals surface area contributed by atoms with Crippen molar-refractivity contribution in [3.8, 4) is 5.75 Å². The molecule has 0 aliphatic carbocycles. The quantitative estimate of drug-likeness (QED) is 0.541. The molecule has 4 rings (SSSR count). The van der Waals surface area contributed by atoms with E-state index in [1.807, 2.05) is 6.92 Å². The molecule has 0 spiro atoms. The van der Waals surface area contributed by atoms with Crippen LogP contribution in [0.15, 0.2) is 33.1 Å². The predicted molar refractivity (Wildman–Crippen MR) is 125 cm³/mol. The van der Waals surface area contributed by atoms with Gasteiger partial charge < -0.3 is 18.9 Å². The number of hydrogen-bond acceptors (Lipinski definition) is 10. The smallest absolute Gasteiger partial charge is 0.203 e. The Kier molecular flexibility index (Phi) is 8.27. The lowest BCUT2D eigenvalue weighted by molar-refractivity contribution is -0.147. The van der Waals surface area contributed by atoms with Gasteiger partial charge in [0.2, 0.25) is 5.90 Å². The number of hydrogen-bond donors (Lipinski definition) is 0. The fourth-order valence-corrected chi connectivity index (χ4v) is 4.73. The second-order valence-electron chi connectivity index (χ2n) is 8.89. The molecule has 35 heavy (non-hydrogen) atoms. The van der Waals surface area contributed by atoms with Crippen LogP contribution in [0.3, 0.4) is 0 Å². The first-order chi connectivity index (χ1) is 16.7. The molecule has 10 nitrogen and oxygen atoms in total. The summed E-state index contributed by atoms with van der Waals surface area (Å²) in [5.41, 5.74) is 0. The number of piperidine rings is 1. The number of halogens is 1. The zero-order chi connectivity index (χ0) is 25.0. The van der Waals surface area contributed by atoms with E-state index >= 15 is 0 Å². The van der Waals surface area contributed by atoms with E-state index in [2.05, 4.69) is 14.9 Å². The van der Waals surface area contributed by atoms with E-state index in [0.29, 0.717) is 39.5 Å². The van der Waals surface area contributed by atoms with Gasteiger partial charge in [-0.1, -0.05) is 0 Å². The number of carbonyl (C=O) groups excluding carboxylic acids is 1. The van der Waals surface area contributed by atoms with Crippen molar-refractivity contribution in [2.45, 2.75) is 43.1 Å². The Labute approximate surface area is 204 Å². The molecule has 3 aliphatic heterocycles. The van der Waals surface area contributed by atoms with Gasteiger partial charge in [-0.05, 0) is 38.0 Å². The first kappa shape index (κ1) is 25.8. The number of ether oxygens (including phenoxy) is 4. The molecular formula is C23H30FN3O7S. The van der Waals surface area contributed by atoms with Crippen LogP contribution in [0, 0.1) is 11.7 Å². The minimum atomic E-state index is -3.53. The Morgan fingerprint density at radius 2 is 2.03 bits per heavy atom. The number of rotatable bonds is 7. The zero-order valence-electron chi connectivity index (χ0n) is 19.8. The van der Waals surface area contributed by atoms with E-state index in [1.54, 1.807) is 0 Å². The van der Waals surface area contributed by atoms with E-state index in [1.165, 1.54) is 18.5 Å². The van der Waals surface area contributed by atoms with Gasteiger partial charge in [0.15, 0.2) is 33.4 Å². The van der Waals surface area contributed by atoms with Gasteiger partial charge in [-0.2, -0.15) is 0 Å². The average molecular weight is 512 g/mol. The summed E-state index contributed by atoms with van der Waals surface area (Å²) in [6.07, 6.45) is 2.73. The number of aliphatic imine (C=N–C) groups is 2. The molecule has 3 aliphatic rings. The van der Waals surface area contributed by atoms with Crippen LogP contribution in [0.25, 0.3) is 0 Å². The van der Waals surface area contributed by atoms with Crippen LogP contribution in [0.2, 0.25) is 0 Å². The van der Waals surface area contributed by atoms with Crippen molar-refractivity contribution in [3.63, 3.8) is 0 Å². The molecule has 3 atom stereocenters. The molecule has 2 saturated heterocycles. The van der Waals surface area contributed by atoms with Gasteiger partial charge in [0.05, 0.1) is 43.3 Å². The Bertz CT molecular complexity index is 1080. The lowest BCUT2D eigenvalue weighted by Gasteiger charge is -2.35. The van der Waals surface area contributed by atoms with Crippen LogP contribution in [-0.2, 0) is 28.8 Å². The molecule has 0 N–H and O–H groups in total. The van der Waals surface area contributed by atoms with Gasteiger partial charge in [0.1, 0.15) is 12.4 Å². The monoisotopic (exact) mass is 511 g/mol. The molecule has 1 aromatic rings. The highest BCUT2D eigenvalue weighted by Crippen LogP contribution is 2.26. The molecule has 1 aromatic carbocycles. The first-order valence-corrected chi connectivity index (χ1v) is 13.5. The van der Waals surface area contributed by atoms with Crippen LogP contribution in [0.4, 0.5) is 4.39 Å². The molecule has 192 valence electrons. The fourth-order valence-electron chi connectivity index (χ4n) is 4.10. The van der Waals surface area contributed by atoms with Crippen molar-refractivity contribution in [1.82, 2.24) is 4.90 Å². The van der Waals surface area contributed by atoms with E-state index in [9.17, 15) is 17.6 Å². The third kappa shape index (κ3) is 6.70. The molecule has 3 unspecified atom stereocenters. The Morgan fingerprint density at radius 1 is 1.26 bits per heavy atom. The summed E-state index contributed by atoms with van der Waals surface area (Å²) < 4.78 is 60.3. The number of sulfone groups is 1. The summed E-state index contributed by atoms with van der Waals surface area (Å²) in [6, 6.07) is 3.48. The van der Waals surface area contributed by atoms with Crippen molar-refractivity contribution >= 4 is 27.9 Å². The maximum atomic E-state index is 14.4. The lowest BCUT2D eigenvalue weighted by atomic mass is 10.1. The average Bonchev–Trinajstić information content (AvgIpc) is 2.84. The SMILES string of the molecule is CC1C(Oc2ccc(S(C)(=O)=O)cc2F)=NC=NC1OC1CCN(CC(=O)C2COCCO2)CC1. The maximum Gasteiger partial charge on any atom is 0.203 e. The first-order valence-electron chi connectivity index (χ1n) is 11.6. The Balaban J connectivity index is 1.27. The highest BCUT2D eigenvalue weighted by molar-refractivity contribution is 7.90. The normalized spacial score (nSPS) is 26.4. The summed E-state index contributed by atoms with van der Waals surface area (Å²) >= 11 is 0. The fraction of sp³-hybridized carbons (Fsp3) is 0.609. The molecule has 0 radical (unpaired) electrons. The number of carbonyl (C=O) groups is 1. The maximum absolute atomic E-state index is 14.4. The molecule has 3 heterocycles. The summed E-state index contributed by atoms with van der Waals surface area (Å²) in [4.78, 5) is 22.8. The van der Waals surface area contributed by atoms with Crippen molar-refractivity contribution in [2.75, 3.05) is 45.7 Å². The minimum absolute atomic E-state index is 0.0318. The van der Waals surface area contributed by atoms with Crippen LogP contribution >= 0.6 is 0 Å². The van der Waals surface area contributed by atoms with Gasteiger partial charge >= 0.3 is 0 Å². The van der Waals surface area contributed by atoms with Crippen molar-refractivity contribution in [2.24, 2.45) is 15.9 Å². The van der Waals surface area contributed by atoms with Crippen molar-refractivity contribution < 1.29 is 36.6 Å². The third-order valence-electron chi connectivity index (χ3n) is 6.18. The molecule has 0 bridgehead atoms. The highest BCUT2D eigenvalue weighted by atomic mass is 32.2. The minimum Gasteiger partial charge on any atom is -0.439 e. The molecule has 2 fully saturated rings. The van der Waals surface area contributed by atoms with E-state index < -0.39 is 28.0 Å². The number of likely N-dealkylation sites (tertiary alicyclic amines) is 1. The third-order valence-corrected chi connectivity index (χ3v) is 7.29. The second kappa shape index (κ2) is 11.2. The number of benzene rings is 1. The lowest BCUT2D eigenvalue weighted by Crippen LogP contribution is -2.46. The molecule has 12 heteroatoms. The standard InChI is InChI=1S/C23H30FN3O7S/c1-15-22(25-14-26-23(15)34-20-4-3-17(11-18(20)24)35(2,29)30)33-16-5-7-27(8-6-16)12-19(28)21-13-31-9-10-32-21/h3-4,11,14-16,21-22H,5-10,12-13H2,1-2H3. The second-order valence-corrected chi connectivity index (χ2v) is 10.9. The van der Waals surface area contributed by atoms with Crippen LogP contribution in [-0.4, -0.2) is 95.5 Å². The van der Waals surface area contributed by atoms with Gasteiger partial charge in [0, 0.05) is 19.3 Å². The van der Waals surface area contributed by atoms with Crippen LogP contribution in [0.5, 0.6) is 5.75 Å². The molecule has 0 saturated carbocycles. The van der Waals surface area contributed by atoms with Gasteiger partial charge in [-0.25, -0.2) is 22.8 Å². The summed E-state index contributed by atoms with van der Waals surface area (Å²) in [6.45, 7) is 4.86. The largest absolute Gasteiger partial charge is 0.439 e. The zero-order valence-corrected chi connectivity index (χ0v) is 20.6. The molecular weight excluding hydrogens is 481 g/mol. The van der Waals surface area contributed by atoms with Crippen molar-refractivity contribution in [3.05, 3.63) is 24.0 Å². The molecule has 0 aromatic heterocycles. The van der Waals surface area contributed by atoms with E-state index in [0.717, 1.165) is 25.2 Å². The predicted octanol–water partition coefficient (Wildman–Crippen LogP) is 1.48. The van der Waals surface area contributed by atoms with E-state index in [4.69, 9.17) is 18.9 Å². The van der Waals surface area contributed by atoms with E-state index in [-0.39, 0.29) is 34.3 Å².